The van der Waals surface area contributed by atoms with E-state index < -0.39 is 44.9 Å². The fourth-order valence-corrected chi connectivity index (χ4v) is 3.72. The van der Waals surface area contributed by atoms with Gasteiger partial charge < -0.3 is 0 Å². The molecular weight excluding hydrogens is 443 g/mol. The predicted molar refractivity (Wildman–Crippen MR) is 86.9 cm³/mol. The Labute approximate surface area is 159 Å². The summed E-state index contributed by atoms with van der Waals surface area (Å²) in [6.07, 6.45) is -10.3. The van der Waals surface area contributed by atoms with Gasteiger partial charge in [-0.05, 0) is 42.0 Å². The molecule has 12 heteroatoms. The highest BCUT2D eigenvalue weighted by Gasteiger charge is 2.38. The summed E-state index contributed by atoms with van der Waals surface area (Å²) in [7, 11) is -4.69. The van der Waals surface area contributed by atoms with Crippen molar-refractivity contribution < 1.29 is 34.8 Å². The highest BCUT2D eigenvalue weighted by Crippen LogP contribution is 2.37. The molecule has 0 atom stereocenters. The summed E-state index contributed by atoms with van der Waals surface area (Å²) in [6.45, 7) is -0.444. The number of sulfonamides is 1. The molecule has 0 fully saturated rings. The minimum absolute atomic E-state index is 0.128. The standard InChI is InChI=1S/C15H9Cl2F6NO2S/c16-11-1-8(2-12(17)6-11)7-24-27(25,26)13-4-9(14(18,19)20)3-10(5-13)15(21,22)23/h1-6,24H,7H2. The maximum absolute atomic E-state index is 12.9. The van der Waals surface area contributed by atoms with Gasteiger partial charge in [0.15, 0.2) is 0 Å². The highest BCUT2D eigenvalue weighted by molar-refractivity contribution is 7.89. The minimum atomic E-state index is -5.16. The lowest BCUT2D eigenvalue weighted by Crippen LogP contribution is -2.24. The molecule has 0 radical (unpaired) electrons. The number of nitrogens with one attached hydrogen (secondary N) is 1. The van der Waals surface area contributed by atoms with Gasteiger partial charge in [0.1, 0.15) is 0 Å². The van der Waals surface area contributed by atoms with Crippen LogP contribution in [0.15, 0.2) is 41.3 Å². The van der Waals surface area contributed by atoms with Gasteiger partial charge in [0.25, 0.3) is 0 Å². The molecule has 0 aromatic heterocycles. The summed E-state index contributed by atoms with van der Waals surface area (Å²) in [5.74, 6) is 0. The van der Waals surface area contributed by atoms with Crippen molar-refractivity contribution in [3.05, 3.63) is 63.1 Å². The second-order valence-electron chi connectivity index (χ2n) is 5.34. The fraction of sp³-hybridized carbons (Fsp3) is 0.200. The summed E-state index contributed by atoms with van der Waals surface area (Å²) in [5.41, 5.74) is -3.20. The maximum atomic E-state index is 12.9. The van der Waals surface area contributed by atoms with Gasteiger partial charge >= 0.3 is 12.4 Å². The number of alkyl halides is 6. The molecule has 0 aliphatic heterocycles. The quantitative estimate of drug-likeness (QED) is 0.623. The number of halogens is 8. The summed E-state index contributed by atoms with van der Waals surface area (Å²) in [6, 6.07) is 4.14. The Kier molecular flexibility index (Phi) is 6.05. The normalized spacial score (nSPS) is 13.0. The first-order valence-corrected chi connectivity index (χ1v) is 9.16. The zero-order valence-electron chi connectivity index (χ0n) is 12.9. The first-order chi connectivity index (χ1) is 12.2. The van der Waals surface area contributed by atoms with E-state index in [0.29, 0.717) is 0 Å². The molecule has 0 bridgehead atoms. The SMILES string of the molecule is O=S(=O)(NCc1cc(Cl)cc(Cl)c1)c1cc(C(F)(F)F)cc(C(F)(F)F)c1. The van der Waals surface area contributed by atoms with Gasteiger partial charge in [0.2, 0.25) is 10.0 Å². The van der Waals surface area contributed by atoms with Crippen LogP contribution in [0.4, 0.5) is 26.3 Å². The van der Waals surface area contributed by atoms with Gasteiger partial charge in [-0.15, -0.1) is 0 Å². The molecule has 27 heavy (non-hydrogen) atoms. The summed E-state index contributed by atoms with van der Waals surface area (Å²) >= 11 is 11.5. The lowest BCUT2D eigenvalue weighted by Gasteiger charge is -2.15. The third-order valence-electron chi connectivity index (χ3n) is 3.26. The van der Waals surface area contributed by atoms with E-state index in [-0.39, 0.29) is 33.8 Å². The van der Waals surface area contributed by atoms with Gasteiger partial charge in [-0.2, -0.15) is 26.3 Å². The zero-order valence-corrected chi connectivity index (χ0v) is 15.2. The van der Waals surface area contributed by atoms with E-state index in [4.69, 9.17) is 23.2 Å². The van der Waals surface area contributed by atoms with Crippen LogP contribution in [0.2, 0.25) is 10.0 Å². The molecule has 1 N–H and O–H groups in total. The average molecular weight is 452 g/mol. The molecule has 0 amide bonds. The number of hydrogen-bond donors (Lipinski definition) is 1. The van der Waals surface area contributed by atoms with E-state index >= 15 is 0 Å². The van der Waals surface area contributed by atoms with Crippen LogP contribution in [-0.4, -0.2) is 8.42 Å². The Morgan fingerprint density at radius 2 is 1.22 bits per heavy atom. The van der Waals surface area contributed by atoms with Crippen LogP contribution < -0.4 is 4.72 Å². The van der Waals surface area contributed by atoms with Gasteiger partial charge in [-0.3, -0.25) is 0 Å². The largest absolute Gasteiger partial charge is 0.416 e. The van der Waals surface area contributed by atoms with Gasteiger partial charge in [0, 0.05) is 16.6 Å². The second kappa shape index (κ2) is 7.50. The Hall–Kier alpha value is -1.49. The molecule has 0 saturated heterocycles. The lowest BCUT2D eigenvalue weighted by atomic mass is 10.1. The second-order valence-corrected chi connectivity index (χ2v) is 7.98. The Bertz CT molecular complexity index is 905. The van der Waals surface area contributed by atoms with Crippen molar-refractivity contribution in [1.29, 1.82) is 0 Å². The van der Waals surface area contributed by atoms with Crippen molar-refractivity contribution in [1.82, 2.24) is 4.72 Å². The van der Waals surface area contributed by atoms with E-state index in [1.807, 2.05) is 4.72 Å². The molecule has 0 aliphatic carbocycles. The van der Waals surface area contributed by atoms with Gasteiger partial charge in [-0.1, -0.05) is 23.2 Å². The molecule has 2 aromatic rings. The Balaban J connectivity index is 2.42. The third kappa shape index (κ3) is 5.74. The maximum Gasteiger partial charge on any atom is 0.416 e. The van der Waals surface area contributed by atoms with E-state index in [1.54, 1.807) is 0 Å². The number of benzene rings is 2. The fourth-order valence-electron chi connectivity index (χ4n) is 2.06. The van der Waals surface area contributed by atoms with Crippen LogP contribution in [0, 0.1) is 0 Å². The first kappa shape index (κ1) is 21.8. The van der Waals surface area contributed by atoms with E-state index in [1.165, 1.54) is 18.2 Å². The topological polar surface area (TPSA) is 46.2 Å². The van der Waals surface area contributed by atoms with Crippen LogP contribution in [0.1, 0.15) is 16.7 Å². The van der Waals surface area contributed by atoms with Crippen LogP contribution in [0.5, 0.6) is 0 Å². The smallest absolute Gasteiger partial charge is 0.207 e. The van der Waals surface area contributed by atoms with Crippen LogP contribution in [-0.2, 0) is 28.9 Å². The summed E-state index contributed by atoms with van der Waals surface area (Å²) in [5, 5.41) is 0.352. The van der Waals surface area contributed by atoms with Crippen LogP contribution >= 0.6 is 23.2 Å². The minimum Gasteiger partial charge on any atom is -0.207 e. The molecule has 148 valence electrons. The summed E-state index contributed by atoms with van der Waals surface area (Å²) in [4.78, 5) is -1.17. The molecule has 0 unspecified atom stereocenters. The monoisotopic (exact) mass is 451 g/mol. The Morgan fingerprint density at radius 3 is 1.63 bits per heavy atom. The van der Waals surface area contributed by atoms with Crippen molar-refractivity contribution in [2.24, 2.45) is 0 Å². The zero-order chi connectivity index (χ0) is 20.6. The highest BCUT2D eigenvalue weighted by atomic mass is 35.5. The van der Waals surface area contributed by atoms with Crippen molar-refractivity contribution in [3.63, 3.8) is 0 Å². The molecule has 2 aromatic carbocycles. The lowest BCUT2D eigenvalue weighted by molar-refractivity contribution is -0.143. The van der Waals surface area contributed by atoms with Crippen molar-refractivity contribution >= 4 is 33.2 Å². The number of hydrogen-bond acceptors (Lipinski definition) is 2. The van der Waals surface area contributed by atoms with Gasteiger partial charge in [0.05, 0.1) is 16.0 Å². The van der Waals surface area contributed by atoms with E-state index in [2.05, 4.69) is 0 Å². The van der Waals surface area contributed by atoms with Crippen molar-refractivity contribution in [2.75, 3.05) is 0 Å². The molecule has 0 spiro atoms. The predicted octanol–water partition coefficient (Wildman–Crippen LogP) is 5.51. The van der Waals surface area contributed by atoms with Crippen LogP contribution in [0.3, 0.4) is 0 Å². The molecule has 0 heterocycles. The molecule has 3 nitrogen and oxygen atoms in total. The molecular formula is C15H9Cl2F6NO2S. The molecule has 0 saturated carbocycles. The van der Waals surface area contributed by atoms with E-state index in [0.717, 1.165) is 0 Å². The average Bonchev–Trinajstić information content (AvgIpc) is 2.50. The van der Waals surface area contributed by atoms with Crippen LogP contribution in [0.25, 0.3) is 0 Å². The van der Waals surface area contributed by atoms with E-state index in [9.17, 15) is 34.8 Å². The first-order valence-electron chi connectivity index (χ1n) is 6.92. The van der Waals surface area contributed by atoms with Crippen molar-refractivity contribution in [2.45, 2.75) is 23.8 Å². The van der Waals surface area contributed by atoms with Crippen molar-refractivity contribution in [3.8, 4) is 0 Å². The molecule has 2 rings (SSSR count). The third-order valence-corrected chi connectivity index (χ3v) is 5.08. The number of rotatable bonds is 4. The summed E-state index contributed by atoms with van der Waals surface area (Å²) < 4.78 is 103. The van der Waals surface area contributed by atoms with Gasteiger partial charge in [-0.25, -0.2) is 13.1 Å². The molecule has 0 aliphatic rings. The Morgan fingerprint density at radius 1 is 0.778 bits per heavy atom.